The number of likely N-dealkylation sites (tertiary alicyclic amines) is 1. The predicted octanol–water partition coefficient (Wildman–Crippen LogP) is 4.94. The third kappa shape index (κ3) is 7.33. The second-order valence-corrected chi connectivity index (χ2v) is 13.7. The van der Waals surface area contributed by atoms with Gasteiger partial charge in [-0.3, -0.25) is 14.4 Å². The molecule has 1 saturated heterocycles. The van der Waals surface area contributed by atoms with Gasteiger partial charge >= 0.3 is 6.09 Å². The van der Waals surface area contributed by atoms with E-state index in [1.165, 1.54) is 41.1 Å². The highest BCUT2D eigenvalue weighted by Crippen LogP contribution is 2.46. The predicted molar refractivity (Wildman–Crippen MR) is 177 cm³/mol. The van der Waals surface area contributed by atoms with E-state index in [-0.39, 0.29) is 38.3 Å². The van der Waals surface area contributed by atoms with E-state index in [9.17, 15) is 28.8 Å². The van der Waals surface area contributed by atoms with Crippen molar-refractivity contribution in [3.05, 3.63) is 101 Å². The minimum atomic E-state index is -1.16. The van der Waals surface area contributed by atoms with Crippen molar-refractivity contribution in [2.24, 2.45) is 5.41 Å². The molecule has 1 fully saturated rings. The summed E-state index contributed by atoms with van der Waals surface area (Å²) in [5.74, 6) is -1.74. The quantitative estimate of drug-likeness (QED) is 0.336. The van der Waals surface area contributed by atoms with E-state index < -0.39 is 52.7 Å². The van der Waals surface area contributed by atoms with Gasteiger partial charge in [-0.25, -0.2) is 9.18 Å². The van der Waals surface area contributed by atoms with Gasteiger partial charge in [0.15, 0.2) is 0 Å². The van der Waals surface area contributed by atoms with E-state index in [1.54, 1.807) is 18.2 Å². The molecule has 2 aliphatic rings. The second kappa shape index (κ2) is 13.9. The molecule has 0 radical (unpaired) electrons. The van der Waals surface area contributed by atoms with E-state index >= 15 is 0 Å². The van der Waals surface area contributed by atoms with Crippen molar-refractivity contribution in [1.82, 2.24) is 15.1 Å². The number of halogens is 1. The van der Waals surface area contributed by atoms with Crippen LogP contribution in [0.1, 0.15) is 50.3 Å². The van der Waals surface area contributed by atoms with Crippen molar-refractivity contribution in [2.75, 3.05) is 18.9 Å². The molecule has 0 saturated carbocycles. The average molecular weight is 654 g/mol. The van der Waals surface area contributed by atoms with Gasteiger partial charge in [-0.1, -0.05) is 81.4 Å². The number of likely N-dealkylation sites (N-methyl/N-ethyl adjacent to an activating group) is 1. The topological polar surface area (TPSA) is 132 Å². The zero-order valence-corrected chi connectivity index (χ0v) is 27.5. The fraction of sp³-hybridized carbons (Fsp3) is 0.378. The number of benzene rings is 3. The summed E-state index contributed by atoms with van der Waals surface area (Å²) in [5, 5.41) is 15.7. The Morgan fingerprint density at radius 2 is 1.73 bits per heavy atom. The van der Waals surface area contributed by atoms with Crippen LogP contribution in [0.25, 0.3) is 0 Å². The number of amides is 4. The summed E-state index contributed by atoms with van der Waals surface area (Å²) >= 11 is 0. The summed E-state index contributed by atoms with van der Waals surface area (Å²) < 4.78 is 19.1. The molecule has 2 heterocycles. The molecule has 2 aliphatic heterocycles. The Kier molecular flexibility index (Phi) is 9.85. The van der Waals surface area contributed by atoms with Crippen LogP contribution in [-0.2, 0) is 37.6 Å². The van der Waals surface area contributed by atoms with Gasteiger partial charge in [0.05, 0.1) is 11.5 Å². The summed E-state index contributed by atoms with van der Waals surface area (Å²) in [6.45, 7) is 5.78. The molecule has 1 spiro atoms. The first-order valence-electron chi connectivity index (χ1n) is 15.9. The number of hydrogen-bond acceptors (Lipinski definition) is 6. The largest absolute Gasteiger partial charge is 0.445 e. The molecule has 10 nitrogen and oxygen atoms in total. The van der Waals surface area contributed by atoms with Gasteiger partial charge in [-0.15, -0.1) is 0 Å². The number of carbonyl (C=O) groups excluding carboxylic acids is 4. The minimum absolute atomic E-state index is 0.00488. The van der Waals surface area contributed by atoms with Crippen LogP contribution in [0.15, 0.2) is 78.9 Å². The van der Waals surface area contributed by atoms with Crippen molar-refractivity contribution >= 4 is 29.5 Å². The van der Waals surface area contributed by atoms with Crippen molar-refractivity contribution in [2.45, 2.75) is 70.2 Å². The van der Waals surface area contributed by atoms with Gasteiger partial charge in [0.1, 0.15) is 30.5 Å². The molecule has 2 N–H and O–H groups in total. The van der Waals surface area contributed by atoms with Gasteiger partial charge in [0, 0.05) is 32.1 Å². The van der Waals surface area contributed by atoms with Gasteiger partial charge in [-0.2, -0.15) is 5.26 Å². The number of rotatable bonds is 9. The highest BCUT2D eigenvalue weighted by Gasteiger charge is 2.57. The third-order valence-corrected chi connectivity index (χ3v) is 8.98. The van der Waals surface area contributed by atoms with E-state index in [2.05, 4.69) is 16.7 Å². The molecule has 0 aromatic heterocycles. The highest BCUT2D eigenvalue weighted by atomic mass is 19.1. The fourth-order valence-corrected chi connectivity index (χ4v) is 6.51. The molecule has 0 aliphatic carbocycles. The maximum Gasteiger partial charge on any atom is 0.408 e. The molecule has 5 rings (SSSR count). The molecule has 3 aromatic rings. The maximum atomic E-state index is 14.5. The van der Waals surface area contributed by atoms with Crippen LogP contribution in [0.2, 0.25) is 0 Å². The summed E-state index contributed by atoms with van der Waals surface area (Å²) in [4.78, 5) is 57.8. The first-order chi connectivity index (χ1) is 22.8. The van der Waals surface area contributed by atoms with E-state index in [4.69, 9.17) is 4.74 Å². The Bertz CT molecular complexity index is 1720. The summed E-state index contributed by atoms with van der Waals surface area (Å²) in [6, 6.07) is 21.0. The van der Waals surface area contributed by atoms with Crippen LogP contribution in [0.4, 0.5) is 14.9 Å². The smallest absolute Gasteiger partial charge is 0.408 e. The van der Waals surface area contributed by atoms with Crippen molar-refractivity contribution in [3.8, 4) is 6.07 Å². The monoisotopic (exact) mass is 653 g/mol. The SMILES string of the molecule is CN(C(=O)[C@H](Cc1ccc(F)cc1)NC(=O)OCc1ccccc1)[C@@H](CC(C)(C)C)C(=O)N1C[C@]2(C[C@H]1C#N)C(=O)Nc1ccccc12. The number of anilines is 1. The average Bonchev–Trinajstić information content (AvgIpc) is 3.59. The standard InChI is InChI=1S/C37H40FN5O5/c1-36(2,3)20-31(33(45)43-23-37(19-27(43)21-39)28-12-8-9-13-29(28)40-34(37)46)42(4)32(44)30(18-24-14-16-26(38)17-15-24)41-35(47)48-22-25-10-6-5-7-11-25/h5-17,27,30-31H,18-20,22-23H2,1-4H3,(H,40,46)(H,41,47)/t27-,30-,31-,37-/m0/s1. The Morgan fingerprint density at radius 3 is 2.40 bits per heavy atom. The molecule has 4 atom stereocenters. The second-order valence-electron chi connectivity index (χ2n) is 13.7. The first-order valence-corrected chi connectivity index (χ1v) is 15.9. The molecular formula is C37H40FN5O5. The first kappa shape index (κ1) is 34.1. The Labute approximate surface area is 279 Å². The number of nitrogens with zero attached hydrogens (tertiary/aromatic N) is 3. The van der Waals surface area contributed by atoms with E-state index in [0.29, 0.717) is 11.3 Å². The van der Waals surface area contributed by atoms with Gasteiger partial charge in [-0.05, 0) is 46.7 Å². The molecule has 250 valence electrons. The van der Waals surface area contributed by atoms with Crippen molar-refractivity contribution < 1.29 is 28.3 Å². The molecule has 48 heavy (non-hydrogen) atoms. The molecular weight excluding hydrogens is 613 g/mol. The van der Waals surface area contributed by atoms with Gasteiger partial charge in [0.25, 0.3) is 0 Å². The summed E-state index contributed by atoms with van der Waals surface area (Å²) in [5.41, 5.74) is 1.22. The maximum absolute atomic E-state index is 14.5. The number of hydrogen-bond donors (Lipinski definition) is 2. The number of fused-ring (bicyclic) bond motifs is 2. The number of para-hydroxylation sites is 1. The van der Waals surface area contributed by atoms with Crippen LogP contribution in [0, 0.1) is 22.6 Å². The van der Waals surface area contributed by atoms with Crippen LogP contribution < -0.4 is 10.6 Å². The van der Waals surface area contributed by atoms with Crippen LogP contribution >= 0.6 is 0 Å². The number of nitrogens with one attached hydrogen (secondary N) is 2. The Hall–Kier alpha value is -5.24. The van der Waals surface area contributed by atoms with Crippen molar-refractivity contribution in [3.63, 3.8) is 0 Å². The summed E-state index contributed by atoms with van der Waals surface area (Å²) in [7, 11) is 1.50. The van der Waals surface area contributed by atoms with E-state index in [0.717, 1.165) is 11.1 Å². The van der Waals surface area contributed by atoms with Gasteiger partial charge < -0.3 is 25.2 Å². The van der Waals surface area contributed by atoms with Crippen molar-refractivity contribution in [1.29, 1.82) is 5.26 Å². The highest BCUT2D eigenvalue weighted by molar-refractivity contribution is 6.07. The lowest BCUT2D eigenvalue weighted by Gasteiger charge is -2.37. The molecule has 11 heteroatoms. The minimum Gasteiger partial charge on any atom is -0.445 e. The molecule has 4 amide bonds. The molecule has 3 aromatic carbocycles. The van der Waals surface area contributed by atoms with Crippen LogP contribution in [0.3, 0.4) is 0 Å². The normalized spacial score (nSPS) is 19.5. The fourth-order valence-electron chi connectivity index (χ4n) is 6.51. The van der Waals surface area contributed by atoms with Crippen LogP contribution in [-0.4, -0.2) is 65.3 Å². The number of alkyl carbamates (subject to hydrolysis) is 1. The zero-order chi connectivity index (χ0) is 34.6. The summed E-state index contributed by atoms with van der Waals surface area (Å²) in [6.07, 6.45) is -0.464. The van der Waals surface area contributed by atoms with Gasteiger partial charge in [0.2, 0.25) is 17.7 Å². The zero-order valence-electron chi connectivity index (χ0n) is 27.5. The third-order valence-electron chi connectivity index (χ3n) is 8.98. The molecule has 0 unspecified atom stereocenters. The van der Waals surface area contributed by atoms with E-state index in [1.807, 2.05) is 57.2 Å². The Morgan fingerprint density at radius 1 is 1.06 bits per heavy atom. The lowest BCUT2D eigenvalue weighted by atomic mass is 9.80. The molecule has 0 bridgehead atoms. The number of ether oxygens (including phenoxy) is 1. The Balaban J connectivity index is 1.41. The number of nitriles is 1. The lowest BCUT2D eigenvalue weighted by molar-refractivity contribution is -0.147. The lowest BCUT2D eigenvalue weighted by Crippen LogP contribution is -2.57. The van der Waals surface area contributed by atoms with Crippen LogP contribution in [0.5, 0.6) is 0 Å². The number of carbonyl (C=O) groups is 4.